The van der Waals surface area contributed by atoms with Crippen LogP contribution >= 0.6 is 0 Å². The zero-order valence-corrected chi connectivity index (χ0v) is 15.4. The molecule has 8 heteroatoms. The van der Waals surface area contributed by atoms with E-state index in [1.165, 1.54) is 5.01 Å². The van der Waals surface area contributed by atoms with E-state index in [-0.39, 0.29) is 5.91 Å². The van der Waals surface area contributed by atoms with Crippen LogP contribution in [0.15, 0.2) is 29.5 Å². The minimum atomic E-state index is -0.0810. The number of carbonyl (C=O) groups is 1. The van der Waals surface area contributed by atoms with E-state index in [0.717, 1.165) is 17.8 Å². The third-order valence-corrected chi connectivity index (χ3v) is 4.20. The monoisotopic (exact) mass is 358 g/mol. The highest BCUT2D eigenvalue weighted by Gasteiger charge is 2.26. The number of hydrogen-bond donors (Lipinski definition) is 0. The van der Waals surface area contributed by atoms with Crippen LogP contribution in [0.3, 0.4) is 0 Å². The molecule has 0 saturated carbocycles. The van der Waals surface area contributed by atoms with Crippen molar-refractivity contribution >= 4 is 17.4 Å². The molecule has 0 atom stereocenters. The van der Waals surface area contributed by atoms with Gasteiger partial charge >= 0.3 is 0 Å². The van der Waals surface area contributed by atoms with Crippen LogP contribution in [0.25, 0.3) is 0 Å². The van der Waals surface area contributed by atoms with Gasteiger partial charge in [-0.1, -0.05) is 0 Å². The van der Waals surface area contributed by atoms with Crippen molar-refractivity contribution in [1.82, 2.24) is 9.78 Å². The quantitative estimate of drug-likeness (QED) is 0.793. The summed E-state index contributed by atoms with van der Waals surface area (Å²) in [6.07, 6.45) is 2.71. The molecule has 0 bridgehead atoms. The number of benzene rings is 1. The Bertz CT molecular complexity index is 818. The summed E-state index contributed by atoms with van der Waals surface area (Å²) in [5, 5.41) is 10.3. The van der Waals surface area contributed by atoms with E-state index in [2.05, 4.69) is 10.2 Å². The molecule has 0 fully saturated rings. The highest BCUT2D eigenvalue weighted by atomic mass is 16.5. The maximum absolute atomic E-state index is 12.3. The number of carbonyl (C=O) groups excluding carboxylic acids is 1. The number of rotatable bonds is 6. The summed E-state index contributed by atoms with van der Waals surface area (Å²) in [5.74, 6) is 2.04. The van der Waals surface area contributed by atoms with Crippen molar-refractivity contribution in [3.8, 4) is 17.2 Å². The Hall–Kier alpha value is -3.03. The summed E-state index contributed by atoms with van der Waals surface area (Å²) in [6, 6.07) is 5.45. The number of nitrogens with zero attached hydrogens (tertiary/aromatic N) is 4. The van der Waals surface area contributed by atoms with E-state index >= 15 is 0 Å². The number of anilines is 1. The molecule has 0 spiro atoms. The lowest BCUT2D eigenvalue weighted by atomic mass is 10.0. The van der Waals surface area contributed by atoms with Crippen molar-refractivity contribution < 1.29 is 19.0 Å². The van der Waals surface area contributed by atoms with E-state index in [9.17, 15) is 4.79 Å². The lowest BCUT2D eigenvalue weighted by Crippen LogP contribution is -2.32. The van der Waals surface area contributed by atoms with Crippen molar-refractivity contribution in [2.45, 2.75) is 26.3 Å². The Morgan fingerprint density at radius 3 is 2.31 bits per heavy atom. The molecule has 138 valence electrons. The second-order valence-electron chi connectivity index (χ2n) is 5.70. The predicted molar refractivity (Wildman–Crippen MR) is 97.3 cm³/mol. The molecule has 8 nitrogen and oxygen atoms in total. The number of methoxy groups -OCH3 is 3. The second kappa shape index (κ2) is 7.47. The van der Waals surface area contributed by atoms with Gasteiger partial charge in [-0.2, -0.15) is 15.2 Å². The molecule has 2 heterocycles. The smallest absolute Gasteiger partial charge is 0.249 e. The first-order valence-corrected chi connectivity index (χ1v) is 8.35. The van der Waals surface area contributed by atoms with Crippen LogP contribution in [0, 0.1) is 0 Å². The van der Waals surface area contributed by atoms with E-state index in [4.69, 9.17) is 14.2 Å². The standard InChI is InChI=1S/C18H22N4O4/c1-5-21-9-8-16(20-21)22-17(23)7-6-13(19-22)12-10-14(24-2)18(26-4)15(11-12)25-3/h8-11H,5-7H2,1-4H3. The van der Waals surface area contributed by atoms with Gasteiger partial charge in [-0.05, 0) is 19.1 Å². The van der Waals surface area contributed by atoms with Crippen molar-refractivity contribution in [2.75, 3.05) is 26.3 Å². The Morgan fingerprint density at radius 1 is 1.08 bits per heavy atom. The summed E-state index contributed by atoms with van der Waals surface area (Å²) in [7, 11) is 4.69. The molecule has 2 aromatic rings. The number of amides is 1. The summed E-state index contributed by atoms with van der Waals surface area (Å²) >= 11 is 0. The minimum absolute atomic E-state index is 0.0810. The Balaban J connectivity index is 2.02. The van der Waals surface area contributed by atoms with Gasteiger partial charge in [-0.15, -0.1) is 0 Å². The van der Waals surface area contributed by atoms with Gasteiger partial charge in [0.2, 0.25) is 11.7 Å². The van der Waals surface area contributed by atoms with Crippen molar-refractivity contribution in [1.29, 1.82) is 0 Å². The fraction of sp³-hybridized carbons (Fsp3) is 0.389. The van der Waals surface area contributed by atoms with Gasteiger partial charge in [0.15, 0.2) is 17.3 Å². The van der Waals surface area contributed by atoms with Gasteiger partial charge in [0.05, 0.1) is 27.0 Å². The molecule has 1 aromatic heterocycles. The van der Waals surface area contributed by atoms with Crippen LogP contribution in [0.5, 0.6) is 17.2 Å². The Morgan fingerprint density at radius 2 is 1.77 bits per heavy atom. The molecule has 0 radical (unpaired) electrons. The van der Waals surface area contributed by atoms with E-state index < -0.39 is 0 Å². The molecule has 0 N–H and O–H groups in total. The molecular formula is C18H22N4O4. The maximum Gasteiger partial charge on any atom is 0.249 e. The van der Waals surface area contributed by atoms with Crippen LogP contribution in [-0.2, 0) is 11.3 Å². The van der Waals surface area contributed by atoms with Gasteiger partial charge in [0, 0.05) is 37.2 Å². The molecule has 1 aliphatic rings. The zero-order chi connectivity index (χ0) is 18.7. The van der Waals surface area contributed by atoms with Crippen LogP contribution in [0.2, 0.25) is 0 Å². The number of hydrazone groups is 1. The van der Waals surface area contributed by atoms with Crippen molar-refractivity contribution in [3.63, 3.8) is 0 Å². The molecule has 1 amide bonds. The molecular weight excluding hydrogens is 336 g/mol. The lowest BCUT2D eigenvalue weighted by molar-refractivity contribution is -0.118. The van der Waals surface area contributed by atoms with Gasteiger partial charge in [-0.3, -0.25) is 9.48 Å². The number of hydrogen-bond acceptors (Lipinski definition) is 6. The first kappa shape index (κ1) is 17.8. The highest BCUT2D eigenvalue weighted by Crippen LogP contribution is 2.39. The number of aromatic nitrogens is 2. The van der Waals surface area contributed by atoms with Gasteiger partial charge in [-0.25, -0.2) is 0 Å². The second-order valence-corrected chi connectivity index (χ2v) is 5.70. The van der Waals surface area contributed by atoms with Crippen LogP contribution in [0.4, 0.5) is 5.82 Å². The van der Waals surface area contributed by atoms with Crippen LogP contribution < -0.4 is 19.2 Å². The zero-order valence-electron chi connectivity index (χ0n) is 15.4. The fourth-order valence-electron chi connectivity index (χ4n) is 2.83. The van der Waals surface area contributed by atoms with Gasteiger partial charge in [0.1, 0.15) is 0 Å². The minimum Gasteiger partial charge on any atom is -0.493 e. The summed E-state index contributed by atoms with van der Waals surface area (Å²) in [5.41, 5.74) is 1.57. The van der Waals surface area contributed by atoms with Gasteiger partial charge < -0.3 is 14.2 Å². The molecule has 0 unspecified atom stereocenters. The van der Waals surface area contributed by atoms with Gasteiger partial charge in [0.25, 0.3) is 0 Å². The lowest BCUT2D eigenvalue weighted by Gasteiger charge is -2.22. The number of aryl methyl sites for hydroxylation is 1. The Kier molecular flexibility index (Phi) is 5.11. The van der Waals surface area contributed by atoms with Crippen molar-refractivity contribution in [3.05, 3.63) is 30.0 Å². The molecule has 0 saturated heterocycles. The number of ether oxygens (including phenoxy) is 3. The van der Waals surface area contributed by atoms with E-state index in [1.807, 2.05) is 25.3 Å². The molecule has 3 rings (SSSR count). The SMILES string of the molecule is CCn1ccc(N2N=C(c3cc(OC)c(OC)c(OC)c3)CCC2=O)n1. The molecule has 0 aliphatic carbocycles. The highest BCUT2D eigenvalue weighted by molar-refractivity contribution is 6.09. The topological polar surface area (TPSA) is 78.2 Å². The van der Waals surface area contributed by atoms with E-state index in [1.54, 1.807) is 32.1 Å². The average molecular weight is 358 g/mol. The Labute approximate surface area is 152 Å². The first-order chi connectivity index (χ1) is 12.6. The van der Waals surface area contributed by atoms with Crippen molar-refractivity contribution in [2.24, 2.45) is 5.10 Å². The third-order valence-electron chi connectivity index (χ3n) is 4.20. The summed E-state index contributed by atoms with van der Waals surface area (Å²) in [6.45, 7) is 2.71. The van der Waals surface area contributed by atoms with Crippen LogP contribution in [-0.4, -0.2) is 42.7 Å². The molecule has 1 aromatic carbocycles. The average Bonchev–Trinajstić information content (AvgIpc) is 3.16. The first-order valence-electron chi connectivity index (χ1n) is 8.35. The normalized spacial score (nSPS) is 14.2. The predicted octanol–water partition coefficient (Wildman–Crippen LogP) is 2.46. The van der Waals surface area contributed by atoms with E-state index in [0.29, 0.717) is 35.9 Å². The molecule has 1 aliphatic heterocycles. The largest absolute Gasteiger partial charge is 0.493 e. The fourth-order valence-corrected chi connectivity index (χ4v) is 2.83. The third kappa shape index (κ3) is 3.22. The molecule has 26 heavy (non-hydrogen) atoms. The van der Waals surface area contributed by atoms with Crippen LogP contribution in [0.1, 0.15) is 25.3 Å². The maximum atomic E-state index is 12.3. The summed E-state index contributed by atoms with van der Waals surface area (Å²) < 4.78 is 17.9. The summed E-state index contributed by atoms with van der Waals surface area (Å²) in [4.78, 5) is 12.3.